The molecule has 0 saturated carbocycles. The largest absolute Gasteiger partial charge is 0.463 e. The summed E-state index contributed by atoms with van der Waals surface area (Å²) in [6.07, 6.45) is 0. The number of aryl methyl sites for hydroxylation is 1. The molecule has 2 aromatic rings. The lowest BCUT2D eigenvalue weighted by Crippen LogP contribution is -2.49. The van der Waals surface area contributed by atoms with E-state index in [4.69, 9.17) is 9.47 Å². The van der Waals surface area contributed by atoms with Crippen LogP contribution >= 0.6 is 11.8 Å². The van der Waals surface area contributed by atoms with Crippen LogP contribution in [0.4, 0.5) is 4.79 Å². The molecule has 9 nitrogen and oxygen atoms in total. The monoisotopic (exact) mass is 446 g/mol. The van der Waals surface area contributed by atoms with Gasteiger partial charge in [-0.3, -0.25) is 0 Å². The van der Waals surface area contributed by atoms with Gasteiger partial charge in [0.05, 0.1) is 41.4 Å². The van der Waals surface area contributed by atoms with Gasteiger partial charge in [0.25, 0.3) is 0 Å². The lowest BCUT2D eigenvalue weighted by atomic mass is 10.1. The zero-order valence-electron chi connectivity index (χ0n) is 18.0. The minimum Gasteiger partial charge on any atom is -0.463 e. The number of imidazole rings is 1. The first-order valence-electron chi connectivity index (χ1n) is 10.2. The lowest BCUT2D eigenvalue weighted by Gasteiger charge is -2.26. The maximum absolute atomic E-state index is 12.4. The molecule has 2 N–H and O–H groups in total. The van der Waals surface area contributed by atoms with Crippen molar-refractivity contribution in [2.75, 3.05) is 19.0 Å². The Labute approximate surface area is 184 Å². The SMILES string of the molecule is CCOC(=O)C1=C(CSc2nc3cc(C(=O)OCC)ccc3n2CC)NC(=O)N[C@H]1C. The number of thioether (sulfide) groups is 1. The molecule has 0 aliphatic carbocycles. The zero-order chi connectivity index (χ0) is 22.5. The molecule has 31 heavy (non-hydrogen) atoms. The van der Waals surface area contributed by atoms with Gasteiger partial charge in [-0.15, -0.1) is 0 Å². The van der Waals surface area contributed by atoms with Gasteiger partial charge in [0.2, 0.25) is 0 Å². The van der Waals surface area contributed by atoms with Crippen molar-refractivity contribution in [3.05, 3.63) is 35.0 Å². The summed E-state index contributed by atoms with van der Waals surface area (Å²) in [4.78, 5) is 41.1. The van der Waals surface area contributed by atoms with Gasteiger partial charge in [-0.1, -0.05) is 11.8 Å². The number of fused-ring (bicyclic) bond motifs is 1. The fourth-order valence-corrected chi connectivity index (χ4v) is 4.44. The van der Waals surface area contributed by atoms with Crippen molar-refractivity contribution >= 4 is 40.8 Å². The molecular weight excluding hydrogens is 420 g/mol. The molecule has 0 saturated heterocycles. The van der Waals surface area contributed by atoms with E-state index < -0.39 is 12.0 Å². The molecule has 0 bridgehead atoms. The Morgan fingerprint density at radius 3 is 2.55 bits per heavy atom. The number of carbonyl (C=O) groups excluding carboxylic acids is 3. The Kier molecular flexibility index (Phi) is 7.21. The average molecular weight is 447 g/mol. The van der Waals surface area contributed by atoms with Crippen LogP contribution < -0.4 is 10.6 Å². The predicted molar refractivity (Wildman–Crippen MR) is 117 cm³/mol. The van der Waals surface area contributed by atoms with Gasteiger partial charge in [-0.2, -0.15) is 0 Å². The predicted octanol–water partition coefficient (Wildman–Crippen LogP) is 2.84. The van der Waals surface area contributed by atoms with Crippen molar-refractivity contribution in [1.29, 1.82) is 0 Å². The maximum Gasteiger partial charge on any atom is 0.338 e. The van der Waals surface area contributed by atoms with Crippen molar-refractivity contribution in [2.45, 2.75) is 45.4 Å². The molecule has 2 amide bonds. The number of aromatic nitrogens is 2. The van der Waals surface area contributed by atoms with Crippen LogP contribution in [0.3, 0.4) is 0 Å². The number of nitrogens with zero attached hydrogens (tertiary/aromatic N) is 2. The van der Waals surface area contributed by atoms with E-state index in [1.54, 1.807) is 32.9 Å². The van der Waals surface area contributed by atoms with Crippen molar-refractivity contribution in [3.8, 4) is 0 Å². The van der Waals surface area contributed by atoms with Crippen LogP contribution in [0, 0.1) is 0 Å². The smallest absolute Gasteiger partial charge is 0.338 e. The van der Waals surface area contributed by atoms with Crippen molar-refractivity contribution < 1.29 is 23.9 Å². The zero-order valence-corrected chi connectivity index (χ0v) is 18.8. The fraction of sp³-hybridized carbons (Fsp3) is 0.429. The first-order valence-corrected chi connectivity index (χ1v) is 11.2. The van der Waals surface area contributed by atoms with Gasteiger partial charge >= 0.3 is 18.0 Å². The van der Waals surface area contributed by atoms with Gasteiger partial charge in [0, 0.05) is 18.0 Å². The molecule has 0 spiro atoms. The summed E-state index contributed by atoms with van der Waals surface area (Å²) < 4.78 is 12.2. The maximum atomic E-state index is 12.4. The summed E-state index contributed by atoms with van der Waals surface area (Å²) in [6.45, 7) is 8.47. The summed E-state index contributed by atoms with van der Waals surface area (Å²) in [5.41, 5.74) is 2.91. The van der Waals surface area contributed by atoms with Crippen molar-refractivity contribution in [1.82, 2.24) is 20.2 Å². The summed E-state index contributed by atoms with van der Waals surface area (Å²) in [5, 5.41) is 6.13. The molecule has 0 unspecified atom stereocenters. The highest BCUT2D eigenvalue weighted by Gasteiger charge is 2.30. The van der Waals surface area contributed by atoms with Crippen LogP contribution in [0.5, 0.6) is 0 Å². The number of carbonyl (C=O) groups is 3. The molecule has 0 fully saturated rings. The highest BCUT2D eigenvalue weighted by Crippen LogP contribution is 2.28. The number of nitrogens with one attached hydrogen (secondary N) is 2. The average Bonchev–Trinajstić information content (AvgIpc) is 3.08. The Bertz CT molecular complexity index is 1050. The standard InChI is InChI=1S/C21H26N4O5S/c1-5-25-16-9-8-13(18(26)29-6-2)10-14(16)24-21(25)31-11-15-17(19(27)30-7-3)12(4)22-20(28)23-15/h8-10,12H,5-7,11H2,1-4H3,(H2,22,23,28)/t12-/m0/s1. The Hall–Kier alpha value is -3.01. The van der Waals surface area contributed by atoms with Crippen LogP contribution in [0.2, 0.25) is 0 Å². The molecule has 1 atom stereocenters. The van der Waals surface area contributed by atoms with Crippen LogP contribution in [0.1, 0.15) is 38.1 Å². The minimum atomic E-state index is -0.458. The quantitative estimate of drug-likeness (QED) is 0.474. The van der Waals surface area contributed by atoms with Crippen LogP contribution in [0.15, 0.2) is 34.6 Å². The summed E-state index contributed by atoms with van der Waals surface area (Å²) in [6, 6.07) is 4.46. The highest BCUT2D eigenvalue weighted by molar-refractivity contribution is 7.99. The van der Waals surface area contributed by atoms with Crippen molar-refractivity contribution in [2.24, 2.45) is 0 Å². The summed E-state index contributed by atoms with van der Waals surface area (Å²) in [5.74, 6) is -0.513. The van der Waals surface area contributed by atoms with E-state index in [1.165, 1.54) is 11.8 Å². The molecule has 166 valence electrons. The Balaban J connectivity index is 1.91. The molecule has 1 aromatic heterocycles. The summed E-state index contributed by atoms with van der Waals surface area (Å²) in [7, 11) is 0. The minimum absolute atomic E-state index is 0.248. The van der Waals surface area contributed by atoms with E-state index in [2.05, 4.69) is 15.6 Å². The molecule has 1 aliphatic rings. The molecule has 2 heterocycles. The van der Waals surface area contributed by atoms with Crippen LogP contribution in [-0.2, 0) is 20.8 Å². The topological polar surface area (TPSA) is 112 Å². The van der Waals surface area contributed by atoms with Gasteiger partial charge in [0.1, 0.15) is 0 Å². The molecule has 1 aliphatic heterocycles. The first kappa shape index (κ1) is 22.7. The van der Waals surface area contributed by atoms with Gasteiger partial charge in [-0.05, 0) is 45.9 Å². The molecule has 1 aromatic carbocycles. The Morgan fingerprint density at radius 1 is 1.16 bits per heavy atom. The molecular formula is C21H26N4O5S. The van der Waals surface area contributed by atoms with E-state index in [0.29, 0.717) is 41.3 Å². The summed E-state index contributed by atoms with van der Waals surface area (Å²) >= 11 is 1.40. The van der Waals surface area contributed by atoms with Gasteiger partial charge in [0.15, 0.2) is 5.16 Å². The number of hydrogen-bond donors (Lipinski definition) is 2. The van der Waals surface area contributed by atoms with E-state index in [-0.39, 0.29) is 18.6 Å². The second-order valence-electron chi connectivity index (χ2n) is 6.78. The number of rotatable bonds is 8. The van der Waals surface area contributed by atoms with E-state index >= 15 is 0 Å². The number of ether oxygens (including phenoxy) is 2. The number of esters is 2. The van der Waals surface area contributed by atoms with E-state index in [1.807, 2.05) is 17.6 Å². The van der Waals surface area contributed by atoms with Crippen LogP contribution in [0.25, 0.3) is 11.0 Å². The van der Waals surface area contributed by atoms with Gasteiger partial charge < -0.3 is 24.7 Å². The second-order valence-corrected chi connectivity index (χ2v) is 7.73. The lowest BCUT2D eigenvalue weighted by molar-refractivity contribution is -0.138. The second kappa shape index (κ2) is 9.86. The van der Waals surface area contributed by atoms with E-state index in [9.17, 15) is 14.4 Å². The number of benzene rings is 1. The van der Waals surface area contributed by atoms with Gasteiger partial charge in [-0.25, -0.2) is 19.4 Å². The van der Waals surface area contributed by atoms with Crippen LogP contribution in [-0.4, -0.2) is 52.5 Å². The third-order valence-corrected chi connectivity index (χ3v) is 5.75. The first-order chi connectivity index (χ1) is 14.9. The highest BCUT2D eigenvalue weighted by atomic mass is 32.2. The molecule has 3 rings (SSSR count). The molecule has 0 radical (unpaired) electrons. The normalized spacial score (nSPS) is 16.1. The fourth-order valence-electron chi connectivity index (χ4n) is 3.39. The number of hydrogen-bond acceptors (Lipinski definition) is 7. The van der Waals surface area contributed by atoms with E-state index in [0.717, 1.165) is 10.7 Å². The van der Waals surface area contributed by atoms with Crippen molar-refractivity contribution in [3.63, 3.8) is 0 Å². The number of urea groups is 1. The molecule has 10 heteroatoms. The third kappa shape index (κ3) is 4.84. The third-order valence-electron chi connectivity index (χ3n) is 4.75. The number of amides is 2. The Morgan fingerprint density at radius 2 is 1.87 bits per heavy atom.